The summed E-state index contributed by atoms with van der Waals surface area (Å²) < 4.78 is 5.69. The minimum absolute atomic E-state index is 0.137. The van der Waals surface area contributed by atoms with Crippen molar-refractivity contribution in [2.75, 3.05) is 13.1 Å². The summed E-state index contributed by atoms with van der Waals surface area (Å²) in [6.07, 6.45) is -0.614. The first-order valence-corrected chi connectivity index (χ1v) is 5.75. The zero-order valence-corrected chi connectivity index (χ0v) is 10.3. The van der Waals surface area contributed by atoms with Gasteiger partial charge in [0.15, 0.2) is 0 Å². The van der Waals surface area contributed by atoms with E-state index >= 15 is 0 Å². The molecule has 7 nitrogen and oxygen atoms in total. The highest BCUT2D eigenvalue weighted by atomic mass is 16.6. The van der Waals surface area contributed by atoms with Crippen molar-refractivity contribution in [3.05, 3.63) is 20.6 Å². The molecular formula is C10H18N4O3. The molecule has 0 spiro atoms. The number of nitro groups is 1. The highest BCUT2D eigenvalue weighted by molar-refractivity contribution is 4.86. The Kier molecular flexibility index (Phi) is 4.72. The molecule has 7 heteroatoms. The second-order valence-corrected chi connectivity index (χ2v) is 4.72. The fourth-order valence-corrected chi connectivity index (χ4v) is 2.31. The number of azide groups is 1. The standard InChI is InChI=1S/C10H18N4O3/c1-6-7(2)9(4-12-13-11)17-10(8(6)3)5-14(15)16/h6-10H,4-5H2,1-3H3/t6-,7+,8+,9+,10-/m0/s1. The molecule has 96 valence electrons. The van der Waals surface area contributed by atoms with E-state index in [4.69, 9.17) is 10.3 Å². The molecule has 0 radical (unpaired) electrons. The van der Waals surface area contributed by atoms with Crippen LogP contribution in [0.15, 0.2) is 5.11 Å². The molecular weight excluding hydrogens is 224 g/mol. The predicted octanol–water partition coefficient (Wildman–Crippen LogP) is 2.25. The topological polar surface area (TPSA) is 101 Å². The first-order chi connectivity index (χ1) is 7.97. The van der Waals surface area contributed by atoms with E-state index in [1.807, 2.05) is 13.8 Å². The van der Waals surface area contributed by atoms with E-state index in [2.05, 4.69) is 16.9 Å². The molecule has 0 N–H and O–H groups in total. The highest BCUT2D eigenvalue weighted by Gasteiger charge is 2.40. The molecule has 1 saturated heterocycles. The summed E-state index contributed by atoms with van der Waals surface area (Å²) in [6.45, 7) is 6.11. The maximum atomic E-state index is 10.6. The van der Waals surface area contributed by atoms with Gasteiger partial charge in [0.2, 0.25) is 6.54 Å². The lowest BCUT2D eigenvalue weighted by atomic mass is 9.76. The summed E-state index contributed by atoms with van der Waals surface area (Å²) >= 11 is 0. The average molecular weight is 242 g/mol. The maximum Gasteiger partial charge on any atom is 0.229 e. The Morgan fingerprint density at radius 2 is 1.88 bits per heavy atom. The highest BCUT2D eigenvalue weighted by Crippen LogP contribution is 2.35. The summed E-state index contributed by atoms with van der Waals surface area (Å²) in [5.41, 5.74) is 8.31. The maximum absolute atomic E-state index is 10.6. The summed E-state index contributed by atoms with van der Waals surface area (Å²) in [5.74, 6) is 0.684. The van der Waals surface area contributed by atoms with Crippen molar-refractivity contribution in [1.82, 2.24) is 0 Å². The molecule has 0 aromatic rings. The zero-order valence-electron chi connectivity index (χ0n) is 10.3. The molecule has 1 rings (SSSR count). The Hall–Kier alpha value is -1.33. The third-order valence-electron chi connectivity index (χ3n) is 3.84. The summed E-state index contributed by atoms with van der Waals surface area (Å²) in [6, 6.07) is 0. The molecule has 1 heterocycles. The third-order valence-corrected chi connectivity index (χ3v) is 3.84. The van der Waals surface area contributed by atoms with Crippen LogP contribution in [-0.2, 0) is 4.74 Å². The van der Waals surface area contributed by atoms with Crippen LogP contribution >= 0.6 is 0 Å². The summed E-state index contributed by atoms with van der Waals surface area (Å²) in [4.78, 5) is 12.9. The molecule has 1 aliphatic heterocycles. The Balaban J connectivity index is 2.74. The molecule has 0 unspecified atom stereocenters. The normalized spacial score (nSPS) is 37.2. The zero-order chi connectivity index (χ0) is 13.0. The van der Waals surface area contributed by atoms with Crippen LogP contribution in [0.1, 0.15) is 20.8 Å². The molecule has 0 bridgehead atoms. The van der Waals surface area contributed by atoms with E-state index in [1.165, 1.54) is 0 Å². The van der Waals surface area contributed by atoms with Gasteiger partial charge in [-0.1, -0.05) is 25.9 Å². The van der Waals surface area contributed by atoms with Gasteiger partial charge in [0.05, 0.1) is 12.6 Å². The van der Waals surface area contributed by atoms with Crippen LogP contribution in [0.3, 0.4) is 0 Å². The fourth-order valence-electron chi connectivity index (χ4n) is 2.31. The average Bonchev–Trinajstić information content (AvgIpc) is 2.28. The molecule has 0 amide bonds. The predicted molar refractivity (Wildman–Crippen MR) is 62.0 cm³/mol. The fraction of sp³-hybridized carbons (Fsp3) is 1.00. The first-order valence-electron chi connectivity index (χ1n) is 5.75. The van der Waals surface area contributed by atoms with Gasteiger partial charge >= 0.3 is 0 Å². The largest absolute Gasteiger partial charge is 0.367 e. The molecule has 0 saturated carbocycles. The molecule has 5 atom stereocenters. The van der Waals surface area contributed by atoms with Gasteiger partial charge in [-0.2, -0.15) is 0 Å². The minimum atomic E-state index is -0.393. The van der Waals surface area contributed by atoms with Gasteiger partial charge in [0, 0.05) is 9.84 Å². The second kappa shape index (κ2) is 5.84. The van der Waals surface area contributed by atoms with Crippen molar-refractivity contribution in [2.45, 2.75) is 33.0 Å². The van der Waals surface area contributed by atoms with E-state index in [9.17, 15) is 10.1 Å². The minimum Gasteiger partial charge on any atom is -0.367 e. The van der Waals surface area contributed by atoms with Crippen molar-refractivity contribution in [2.24, 2.45) is 22.9 Å². The van der Waals surface area contributed by atoms with Gasteiger partial charge in [-0.25, -0.2) is 0 Å². The number of nitrogens with zero attached hydrogens (tertiary/aromatic N) is 4. The van der Waals surface area contributed by atoms with Gasteiger partial charge in [-0.3, -0.25) is 10.1 Å². The van der Waals surface area contributed by atoms with Gasteiger partial charge in [-0.15, -0.1) is 0 Å². The van der Waals surface area contributed by atoms with Crippen LogP contribution in [0, 0.1) is 27.9 Å². The lowest BCUT2D eigenvalue weighted by Gasteiger charge is -2.42. The van der Waals surface area contributed by atoms with E-state index in [0.717, 1.165) is 0 Å². The van der Waals surface area contributed by atoms with Crippen LogP contribution in [0.2, 0.25) is 0 Å². The molecule has 0 aromatic carbocycles. The molecule has 1 aliphatic rings. The number of rotatable bonds is 4. The van der Waals surface area contributed by atoms with Crippen molar-refractivity contribution in [1.29, 1.82) is 0 Å². The number of hydrogen-bond donors (Lipinski definition) is 0. The molecule has 1 fully saturated rings. The van der Waals surface area contributed by atoms with Crippen LogP contribution in [0.5, 0.6) is 0 Å². The van der Waals surface area contributed by atoms with Gasteiger partial charge in [0.1, 0.15) is 6.10 Å². The number of hydrogen-bond acceptors (Lipinski definition) is 4. The van der Waals surface area contributed by atoms with Crippen LogP contribution < -0.4 is 0 Å². The monoisotopic (exact) mass is 242 g/mol. The van der Waals surface area contributed by atoms with Gasteiger partial charge < -0.3 is 4.74 Å². The van der Waals surface area contributed by atoms with Crippen molar-refractivity contribution >= 4 is 0 Å². The third kappa shape index (κ3) is 3.31. The Labute approximate surface area is 99.9 Å². The Morgan fingerprint density at radius 1 is 1.29 bits per heavy atom. The van der Waals surface area contributed by atoms with E-state index in [0.29, 0.717) is 5.92 Å². The summed E-state index contributed by atoms with van der Waals surface area (Å²) in [5, 5.41) is 14.1. The molecule has 17 heavy (non-hydrogen) atoms. The molecule has 0 aromatic heterocycles. The van der Waals surface area contributed by atoms with Crippen LogP contribution in [0.25, 0.3) is 10.4 Å². The van der Waals surface area contributed by atoms with Crippen molar-refractivity contribution in [3.63, 3.8) is 0 Å². The van der Waals surface area contributed by atoms with Crippen molar-refractivity contribution in [3.8, 4) is 0 Å². The van der Waals surface area contributed by atoms with E-state index in [1.54, 1.807) is 0 Å². The Morgan fingerprint density at radius 3 is 2.41 bits per heavy atom. The lowest BCUT2D eigenvalue weighted by molar-refractivity contribution is -0.497. The van der Waals surface area contributed by atoms with Crippen LogP contribution in [-0.4, -0.2) is 30.2 Å². The lowest BCUT2D eigenvalue weighted by Crippen LogP contribution is -2.48. The SMILES string of the molecule is C[C@@H]1[C@@H](C)[C@H](C[N+](=O)[O-])O[C@H](CN=[N+]=[N-])[C@@H]1C. The summed E-state index contributed by atoms with van der Waals surface area (Å²) in [7, 11) is 0. The first kappa shape index (κ1) is 13.7. The van der Waals surface area contributed by atoms with Crippen LogP contribution in [0.4, 0.5) is 0 Å². The van der Waals surface area contributed by atoms with E-state index in [-0.39, 0.29) is 36.0 Å². The van der Waals surface area contributed by atoms with E-state index < -0.39 is 6.10 Å². The van der Waals surface area contributed by atoms with Crippen molar-refractivity contribution < 1.29 is 9.66 Å². The van der Waals surface area contributed by atoms with Gasteiger partial charge in [0.25, 0.3) is 0 Å². The van der Waals surface area contributed by atoms with Gasteiger partial charge in [-0.05, 0) is 23.3 Å². The quantitative estimate of drug-likeness (QED) is 0.248. The smallest absolute Gasteiger partial charge is 0.229 e. The Bertz CT molecular complexity index is 314. The molecule has 0 aliphatic carbocycles. The second-order valence-electron chi connectivity index (χ2n) is 4.72. The number of ether oxygens (including phenoxy) is 1.